The van der Waals surface area contributed by atoms with Gasteiger partial charge >= 0.3 is 0 Å². The lowest BCUT2D eigenvalue weighted by molar-refractivity contribution is 0.904. The Morgan fingerprint density at radius 3 is 2.78 bits per heavy atom. The smallest absolute Gasteiger partial charge is 0.135 e. The molecule has 1 aromatic heterocycles. The zero-order valence-corrected chi connectivity index (χ0v) is 10.6. The lowest BCUT2D eigenvalue weighted by Gasteiger charge is -2.05. The third-order valence-corrected chi connectivity index (χ3v) is 3.25. The van der Waals surface area contributed by atoms with E-state index >= 15 is 0 Å². The van der Waals surface area contributed by atoms with Crippen molar-refractivity contribution in [1.29, 1.82) is 0 Å². The maximum atomic E-state index is 5.86. The lowest BCUT2D eigenvalue weighted by atomic mass is 10.1. The Bertz CT molecular complexity index is 574. The Labute approximate surface area is 107 Å². The van der Waals surface area contributed by atoms with E-state index in [0.29, 0.717) is 11.7 Å². The van der Waals surface area contributed by atoms with Gasteiger partial charge in [0.15, 0.2) is 0 Å². The molecule has 0 atom stereocenters. The Morgan fingerprint density at radius 2 is 2.06 bits per heavy atom. The van der Waals surface area contributed by atoms with E-state index in [9.17, 15) is 0 Å². The van der Waals surface area contributed by atoms with Crippen LogP contribution in [0.2, 0.25) is 0 Å². The summed E-state index contributed by atoms with van der Waals surface area (Å²) in [4.78, 5) is 8.97. The van der Waals surface area contributed by atoms with Crippen LogP contribution < -0.4 is 5.73 Å². The number of hydrogen-bond acceptors (Lipinski definition) is 3. The molecule has 1 fully saturated rings. The van der Waals surface area contributed by atoms with Crippen molar-refractivity contribution in [3.05, 3.63) is 53.0 Å². The Hall–Kier alpha value is -1.90. The van der Waals surface area contributed by atoms with E-state index in [1.165, 1.54) is 24.0 Å². The second-order valence-electron chi connectivity index (χ2n) is 5.07. The molecule has 3 nitrogen and oxygen atoms in total. The normalized spacial score (nSPS) is 14.7. The van der Waals surface area contributed by atoms with Gasteiger partial charge in [0.25, 0.3) is 0 Å². The average molecular weight is 239 g/mol. The number of hydrogen-bond donors (Lipinski definition) is 1. The highest BCUT2D eigenvalue weighted by molar-refractivity contribution is 5.34. The predicted octanol–water partition coefficient (Wildman–Crippen LogP) is 2.84. The fourth-order valence-electron chi connectivity index (χ4n) is 2.21. The number of nitrogens with zero attached hydrogens (tertiary/aromatic N) is 2. The van der Waals surface area contributed by atoms with Crippen molar-refractivity contribution in [2.45, 2.75) is 32.1 Å². The number of anilines is 1. The summed E-state index contributed by atoms with van der Waals surface area (Å²) in [6.45, 7) is 2.10. The van der Waals surface area contributed by atoms with E-state index in [-0.39, 0.29) is 0 Å². The molecule has 2 aromatic rings. The van der Waals surface area contributed by atoms with Crippen LogP contribution in [0, 0.1) is 6.92 Å². The van der Waals surface area contributed by atoms with Crippen LogP contribution in [0.15, 0.2) is 30.3 Å². The number of nitrogen functional groups attached to an aromatic ring is 1. The number of aryl methyl sites for hydroxylation is 1. The van der Waals surface area contributed by atoms with Crippen LogP contribution in [-0.4, -0.2) is 9.97 Å². The van der Waals surface area contributed by atoms with Crippen LogP contribution in [0.25, 0.3) is 0 Å². The molecule has 0 spiro atoms. The summed E-state index contributed by atoms with van der Waals surface area (Å²) in [7, 11) is 0. The van der Waals surface area contributed by atoms with Gasteiger partial charge in [-0.1, -0.05) is 29.8 Å². The van der Waals surface area contributed by atoms with Gasteiger partial charge in [-0.15, -0.1) is 0 Å². The fraction of sp³-hybridized carbons (Fsp3) is 0.333. The molecular formula is C15H17N3. The molecule has 3 rings (SSSR count). The van der Waals surface area contributed by atoms with E-state index in [1.807, 2.05) is 6.07 Å². The Kier molecular flexibility index (Phi) is 2.74. The van der Waals surface area contributed by atoms with Gasteiger partial charge in [0, 0.05) is 24.1 Å². The highest BCUT2D eigenvalue weighted by atomic mass is 14.9. The van der Waals surface area contributed by atoms with Crippen LogP contribution in [0.1, 0.15) is 41.4 Å². The van der Waals surface area contributed by atoms with E-state index in [4.69, 9.17) is 5.73 Å². The van der Waals surface area contributed by atoms with Gasteiger partial charge in [0.2, 0.25) is 0 Å². The quantitative estimate of drug-likeness (QED) is 0.896. The largest absolute Gasteiger partial charge is 0.384 e. The number of benzene rings is 1. The molecule has 2 N–H and O–H groups in total. The first-order valence-corrected chi connectivity index (χ1v) is 6.39. The van der Waals surface area contributed by atoms with Crippen molar-refractivity contribution in [2.24, 2.45) is 0 Å². The molecule has 0 aliphatic heterocycles. The van der Waals surface area contributed by atoms with Gasteiger partial charge in [0.05, 0.1) is 0 Å². The molecule has 92 valence electrons. The first-order valence-electron chi connectivity index (χ1n) is 6.39. The van der Waals surface area contributed by atoms with Gasteiger partial charge in [-0.25, -0.2) is 9.97 Å². The molecule has 0 saturated heterocycles. The topological polar surface area (TPSA) is 51.8 Å². The van der Waals surface area contributed by atoms with Crippen molar-refractivity contribution < 1.29 is 0 Å². The summed E-state index contributed by atoms with van der Waals surface area (Å²) < 4.78 is 0. The SMILES string of the molecule is Cc1cccc(Cc2nc(N)cc(C3CC3)n2)c1. The second-order valence-corrected chi connectivity index (χ2v) is 5.07. The molecule has 1 aliphatic carbocycles. The van der Waals surface area contributed by atoms with Crippen LogP contribution in [0.4, 0.5) is 5.82 Å². The van der Waals surface area contributed by atoms with E-state index in [0.717, 1.165) is 17.9 Å². The molecule has 1 heterocycles. The fourth-order valence-corrected chi connectivity index (χ4v) is 2.21. The zero-order chi connectivity index (χ0) is 12.5. The van der Waals surface area contributed by atoms with Crippen LogP contribution in [-0.2, 0) is 6.42 Å². The molecule has 0 unspecified atom stereocenters. The van der Waals surface area contributed by atoms with Crippen molar-refractivity contribution >= 4 is 5.82 Å². The molecule has 18 heavy (non-hydrogen) atoms. The summed E-state index contributed by atoms with van der Waals surface area (Å²) in [5.74, 6) is 2.05. The number of nitrogens with two attached hydrogens (primary N) is 1. The Morgan fingerprint density at radius 1 is 1.22 bits per heavy atom. The van der Waals surface area contributed by atoms with Crippen molar-refractivity contribution in [1.82, 2.24) is 9.97 Å². The minimum atomic E-state index is 0.592. The van der Waals surface area contributed by atoms with Crippen LogP contribution >= 0.6 is 0 Å². The van der Waals surface area contributed by atoms with Crippen LogP contribution in [0.3, 0.4) is 0 Å². The molecule has 1 saturated carbocycles. The minimum absolute atomic E-state index is 0.592. The van der Waals surface area contributed by atoms with E-state index < -0.39 is 0 Å². The summed E-state index contributed by atoms with van der Waals surface area (Å²) in [5, 5.41) is 0. The van der Waals surface area contributed by atoms with Crippen molar-refractivity contribution in [3.63, 3.8) is 0 Å². The highest BCUT2D eigenvalue weighted by Gasteiger charge is 2.25. The standard InChI is InChI=1S/C15H17N3/c1-10-3-2-4-11(7-10)8-15-17-13(12-5-6-12)9-14(16)18-15/h2-4,7,9,12H,5-6,8H2,1H3,(H2,16,17,18). The first kappa shape index (κ1) is 11.2. The summed E-state index contributed by atoms with van der Waals surface area (Å²) in [5.41, 5.74) is 9.47. The van der Waals surface area contributed by atoms with Crippen molar-refractivity contribution in [2.75, 3.05) is 5.73 Å². The first-order chi connectivity index (χ1) is 8.70. The van der Waals surface area contributed by atoms with Crippen molar-refractivity contribution in [3.8, 4) is 0 Å². The molecule has 1 aromatic carbocycles. The molecular weight excluding hydrogens is 222 g/mol. The lowest BCUT2D eigenvalue weighted by Crippen LogP contribution is -2.03. The summed E-state index contributed by atoms with van der Waals surface area (Å²) in [6, 6.07) is 10.4. The third kappa shape index (κ3) is 2.50. The van der Waals surface area contributed by atoms with Gasteiger partial charge in [-0.2, -0.15) is 0 Å². The average Bonchev–Trinajstić information content (AvgIpc) is 3.11. The van der Waals surface area contributed by atoms with Gasteiger partial charge in [-0.05, 0) is 25.3 Å². The maximum absolute atomic E-state index is 5.86. The number of aromatic nitrogens is 2. The maximum Gasteiger partial charge on any atom is 0.135 e. The van der Waals surface area contributed by atoms with Crippen LogP contribution in [0.5, 0.6) is 0 Å². The monoisotopic (exact) mass is 239 g/mol. The van der Waals surface area contributed by atoms with Gasteiger partial charge in [0.1, 0.15) is 11.6 Å². The zero-order valence-electron chi connectivity index (χ0n) is 10.6. The molecule has 0 amide bonds. The third-order valence-electron chi connectivity index (χ3n) is 3.25. The highest BCUT2D eigenvalue weighted by Crippen LogP contribution is 2.39. The molecule has 0 radical (unpaired) electrons. The van der Waals surface area contributed by atoms with Gasteiger partial charge in [-0.3, -0.25) is 0 Å². The summed E-state index contributed by atoms with van der Waals surface area (Å²) >= 11 is 0. The van der Waals surface area contributed by atoms with Gasteiger partial charge < -0.3 is 5.73 Å². The molecule has 3 heteroatoms. The number of rotatable bonds is 3. The molecule has 1 aliphatic rings. The Balaban J connectivity index is 1.87. The molecule has 0 bridgehead atoms. The summed E-state index contributed by atoms with van der Waals surface area (Å²) in [6.07, 6.45) is 3.23. The van der Waals surface area contributed by atoms with E-state index in [1.54, 1.807) is 0 Å². The van der Waals surface area contributed by atoms with E-state index in [2.05, 4.69) is 41.2 Å². The minimum Gasteiger partial charge on any atom is -0.384 e. The predicted molar refractivity (Wildman–Crippen MR) is 72.4 cm³/mol. The second kappa shape index (κ2) is 4.41.